The molecule has 0 amide bonds. The third kappa shape index (κ3) is 3.79. The molecule has 0 aromatic carbocycles. The van der Waals surface area contributed by atoms with Crippen LogP contribution in [0, 0.1) is 6.92 Å². The maximum Gasteiger partial charge on any atom is 0.128 e. The molecular weight excluding hydrogens is 260 g/mol. The van der Waals surface area contributed by atoms with E-state index >= 15 is 0 Å². The van der Waals surface area contributed by atoms with Gasteiger partial charge in [-0.05, 0) is 43.0 Å². The third-order valence-corrected chi connectivity index (χ3v) is 3.87. The number of rotatable bonds is 6. The van der Waals surface area contributed by atoms with Crippen LogP contribution in [0.2, 0.25) is 0 Å². The Morgan fingerprint density at radius 3 is 2.81 bits per heavy atom. The van der Waals surface area contributed by atoms with Crippen LogP contribution in [0.3, 0.4) is 0 Å². The van der Waals surface area contributed by atoms with Crippen LogP contribution in [-0.2, 0) is 13.1 Å². The van der Waals surface area contributed by atoms with Gasteiger partial charge in [-0.2, -0.15) is 0 Å². The van der Waals surface area contributed by atoms with Gasteiger partial charge in [0.15, 0.2) is 0 Å². The van der Waals surface area contributed by atoms with Crippen molar-refractivity contribution in [1.82, 2.24) is 15.3 Å². The predicted molar refractivity (Wildman–Crippen MR) is 85.2 cm³/mol. The summed E-state index contributed by atoms with van der Waals surface area (Å²) in [6.07, 6.45) is 6.33. The molecule has 0 atom stereocenters. The van der Waals surface area contributed by atoms with Crippen LogP contribution in [-0.4, -0.2) is 23.1 Å². The van der Waals surface area contributed by atoms with Crippen LogP contribution in [0.1, 0.15) is 29.7 Å². The second-order valence-corrected chi connectivity index (χ2v) is 5.79. The Bertz CT molecular complexity index is 593. The molecule has 4 heteroatoms. The first-order valence-electron chi connectivity index (χ1n) is 7.52. The molecule has 3 rings (SSSR count). The smallest absolute Gasteiger partial charge is 0.128 e. The van der Waals surface area contributed by atoms with Gasteiger partial charge in [-0.15, -0.1) is 0 Å². The van der Waals surface area contributed by atoms with Crippen molar-refractivity contribution in [1.29, 1.82) is 0 Å². The van der Waals surface area contributed by atoms with E-state index < -0.39 is 0 Å². The summed E-state index contributed by atoms with van der Waals surface area (Å²) < 4.78 is 0. The lowest BCUT2D eigenvalue weighted by atomic mass is 10.2. The third-order valence-electron chi connectivity index (χ3n) is 3.87. The summed E-state index contributed by atoms with van der Waals surface area (Å²) >= 11 is 0. The number of nitrogens with one attached hydrogen (secondary N) is 1. The highest BCUT2D eigenvalue weighted by atomic mass is 15.2. The van der Waals surface area contributed by atoms with Crippen LogP contribution in [0.25, 0.3) is 0 Å². The van der Waals surface area contributed by atoms with Gasteiger partial charge in [0.2, 0.25) is 0 Å². The topological polar surface area (TPSA) is 41.1 Å². The van der Waals surface area contributed by atoms with E-state index in [-0.39, 0.29) is 0 Å². The zero-order chi connectivity index (χ0) is 14.7. The fraction of sp³-hybridized carbons (Fsp3) is 0.412. The van der Waals surface area contributed by atoms with Crippen LogP contribution in [0.5, 0.6) is 0 Å². The molecule has 0 bridgehead atoms. The lowest BCUT2D eigenvalue weighted by Gasteiger charge is -2.19. The Morgan fingerprint density at radius 1 is 1.29 bits per heavy atom. The van der Waals surface area contributed by atoms with Crippen molar-refractivity contribution in [2.75, 3.05) is 11.9 Å². The van der Waals surface area contributed by atoms with E-state index in [4.69, 9.17) is 4.98 Å². The van der Waals surface area contributed by atoms with Crippen molar-refractivity contribution in [3.63, 3.8) is 0 Å². The van der Waals surface area contributed by atoms with Gasteiger partial charge in [0.1, 0.15) is 5.82 Å². The van der Waals surface area contributed by atoms with E-state index in [1.54, 1.807) is 6.20 Å². The second-order valence-electron chi connectivity index (χ2n) is 5.79. The number of anilines is 1. The lowest BCUT2D eigenvalue weighted by molar-refractivity contribution is 0.682. The highest BCUT2D eigenvalue weighted by Crippen LogP contribution is 2.20. The Morgan fingerprint density at radius 2 is 2.14 bits per heavy atom. The summed E-state index contributed by atoms with van der Waals surface area (Å²) in [4.78, 5) is 11.0. The van der Waals surface area contributed by atoms with E-state index in [9.17, 15) is 0 Å². The van der Waals surface area contributed by atoms with E-state index in [1.807, 2.05) is 12.3 Å². The average molecular weight is 282 g/mol. The molecule has 0 radical (unpaired) electrons. The van der Waals surface area contributed by atoms with Gasteiger partial charge in [0.25, 0.3) is 0 Å². The maximum atomic E-state index is 4.73. The molecule has 4 nitrogen and oxygen atoms in total. The zero-order valence-electron chi connectivity index (χ0n) is 12.7. The minimum absolute atomic E-state index is 0.734. The van der Waals surface area contributed by atoms with Crippen molar-refractivity contribution in [3.05, 3.63) is 53.5 Å². The monoisotopic (exact) mass is 282 g/mol. The Kier molecular flexibility index (Phi) is 4.15. The fourth-order valence-electron chi connectivity index (χ4n) is 2.36. The van der Waals surface area contributed by atoms with E-state index in [1.165, 1.54) is 24.0 Å². The van der Waals surface area contributed by atoms with Gasteiger partial charge in [0, 0.05) is 44.3 Å². The van der Waals surface area contributed by atoms with E-state index in [0.717, 1.165) is 30.6 Å². The number of pyridine rings is 2. The highest BCUT2D eigenvalue weighted by molar-refractivity contribution is 5.41. The van der Waals surface area contributed by atoms with E-state index in [0.29, 0.717) is 0 Å². The van der Waals surface area contributed by atoms with Crippen LogP contribution < -0.4 is 10.2 Å². The van der Waals surface area contributed by atoms with Gasteiger partial charge in [-0.1, -0.05) is 12.1 Å². The Balaban J connectivity index is 1.65. The molecular formula is C17H22N4. The first-order valence-corrected chi connectivity index (χ1v) is 7.52. The molecule has 0 spiro atoms. The number of aromatic nitrogens is 2. The summed E-state index contributed by atoms with van der Waals surface area (Å²) in [6, 6.07) is 9.08. The minimum atomic E-state index is 0.734. The second kappa shape index (κ2) is 6.22. The number of aryl methyl sites for hydroxylation is 1. The molecule has 1 N–H and O–H groups in total. The summed E-state index contributed by atoms with van der Waals surface area (Å²) in [7, 11) is 2.07. The van der Waals surface area contributed by atoms with E-state index in [2.05, 4.69) is 47.4 Å². The van der Waals surface area contributed by atoms with Crippen molar-refractivity contribution in [2.45, 2.75) is 38.9 Å². The Labute approximate surface area is 126 Å². The maximum absolute atomic E-state index is 4.73. The van der Waals surface area contributed by atoms with Crippen molar-refractivity contribution in [2.24, 2.45) is 0 Å². The van der Waals surface area contributed by atoms with Crippen molar-refractivity contribution < 1.29 is 0 Å². The van der Waals surface area contributed by atoms with Gasteiger partial charge in [-0.25, -0.2) is 4.98 Å². The number of hydrogen-bond donors (Lipinski definition) is 1. The zero-order valence-corrected chi connectivity index (χ0v) is 12.7. The van der Waals surface area contributed by atoms with Crippen LogP contribution in [0.4, 0.5) is 5.82 Å². The van der Waals surface area contributed by atoms with Gasteiger partial charge in [-0.3, -0.25) is 4.98 Å². The normalized spacial score (nSPS) is 14.2. The largest absolute Gasteiger partial charge is 0.355 e. The van der Waals surface area contributed by atoms with Crippen molar-refractivity contribution in [3.8, 4) is 0 Å². The summed E-state index contributed by atoms with van der Waals surface area (Å²) in [6.45, 7) is 3.83. The quantitative estimate of drug-likeness (QED) is 0.884. The minimum Gasteiger partial charge on any atom is -0.355 e. The highest BCUT2D eigenvalue weighted by Gasteiger charge is 2.20. The average Bonchev–Trinajstić information content (AvgIpc) is 3.31. The lowest BCUT2D eigenvalue weighted by Crippen LogP contribution is -2.20. The summed E-state index contributed by atoms with van der Waals surface area (Å²) in [5, 5.41) is 3.54. The molecule has 0 unspecified atom stereocenters. The first-order chi connectivity index (χ1) is 10.2. The van der Waals surface area contributed by atoms with Gasteiger partial charge in [0.05, 0.1) is 0 Å². The molecule has 2 aromatic rings. The molecule has 1 fully saturated rings. The molecule has 21 heavy (non-hydrogen) atoms. The fourth-order valence-corrected chi connectivity index (χ4v) is 2.36. The Hall–Kier alpha value is -1.94. The molecule has 0 aliphatic heterocycles. The molecule has 1 saturated carbocycles. The number of hydrogen-bond acceptors (Lipinski definition) is 4. The standard InChI is InChI=1S/C17H22N4/c1-13-15(11-19-16-6-7-16)5-8-17(20-13)21(2)12-14-4-3-9-18-10-14/h3-5,8-10,16,19H,6-7,11-12H2,1-2H3. The predicted octanol–water partition coefficient (Wildman–Crippen LogP) is 2.67. The summed E-state index contributed by atoms with van der Waals surface area (Å²) in [5.74, 6) is 1.01. The molecule has 1 aliphatic rings. The van der Waals surface area contributed by atoms with Gasteiger partial charge >= 0.3 is 0 Å². The molecule has 2 aromatic heterocycles. The van der Waals surface area contributed by atoms with Gasteiger partial charge < -0.3 is 10.2 Å². The SMILES string of the molecule is Cc1nc(N(C)Cc2cccnc2)ccc1CNC1CC1. The van der Waals surface area contributed by atoms with Crippen LogP contribution >= 0.6 is 0 Å². The molecule has 0 saturated heterocycles. The molecule has 2 heterocycles. The molecule has 1 aliphatic carbocycles. The number of nitrogens with zero attached hydrogens (tertiary/aromatic N) is 3. The van der Waals surface area contributed by atoms with Crippen LogP contribution in [0.15, 0.2) is 36.7 Å². The summed E-state index contributed by atoms with van der Waals surface area (Å²) in [5.41, 5.74) is 3.60. The van der Waals surface area contributed by atoms with Crippen molar-refractivity contribution >= 4 is 5.82 Å². The molecule has 110 valence electrons. The first kappa shape index (κ1) is 14.0.